The van der Waals surface area contributed by atoms with Crippen molar-refractivity contribution in [1.29, 1.82) is 0 Å². The first-order chi connectivity index (χ1) is 13.0. The predicted octanol–water partition coefficient (Wildman–Crippen LogP) is 3.70. The summed E-state index contributed by atoms with van der Waals surface area (Å²) in [5.74, 6) is -0.178. The smallest absolute Gasteiger partial charge is 0.251 e. The van der Waals surface area contributed by atoms with Crippen molar-refractivity contribution in [2.45, 2.75) is 39.7 Å². The second-order valence-corrected chi connectivity index (χ2v) is 6.62. The highest BCUT2D eigenvalue weighted by Crippen LogP contribution is 2.11. The fourth-order valence-corrected chi connectivity index (χ4v) is 2.78. The van der Waals surface area contributed by atoms with Gasteiger partial charge in [-0.05, 0) is 49.2 Å². The van der Waals surface area contributed by atoms with Crippen LogP contribution in [0.4, 0.5) is 5.69 Å². The molecule has 0 aliphatic carbocycles. The first-order valence-corrected chi connectivity index (χ1v) is 9.17. The minimum absolute atomic E-state index is 0.00358. The van der Waals surface area contributed by atoms with Crippen LogP contribution in [-0.4, -0.2) is 21.2 Å². The predicted molar refractivity (Wildman–Crippen MR) is 106 cm³/mol. The number of hydrogen-bond donors (Lipinski definition) is 2. The molecule has 0 bridgehead atoms. The number of nitrogens with zero attached hydrogens (tertiary/aromatic N) is 2. The molecule has 0 aliphatic heterocycles. The average Bonchev–Trinajstić information content (AvgIpc) is 3.07. The van der Waals surface area contributed by atoms with E-state index in [2.05, 4.69) is 15.6 Å². The molecule has 2 amide bonds. The number of nitrogens with one attached hydrogen (secondary N) is 2. The molecule has 2 heterocycles. The summed E-state index contributed by atoms with van der Waals surface area (Å²) in [6.45, 7) is 4.43. The molecule has 0 fully saturated rings. The quantitative estimate of drug-likeness (QED) is 0.671. The number of benzene rings is 1. The molecule has 0 saturated carbocycles. The number of carbonyl (C=O) groups excluding carboxylic acids is 2. The molecular formula is C21H24N4O2. The molecule has 2 N–H and O–H groups in total. The topological polar surface area (TPSA) is 75.5 Å². The minimum atomic E-state index is -0.174. The average molecular weight is 364 g/mol. The molecule has 3 rings (SSSR count). The highest BCUT2D eigenvalue weighted by Gasteiger charge is 2.08. The van der Waals surface area contributed by atoms with Gasteiger partial charge in [0.2, 0.25) is 5.91 Å². The lowest BCUT2D eigenvalue weighted by molar-refractivity contribution is -0.116. The van der Waals surface area contributed by atoms with E-state index < -0.39 is 0 Å². The van der Waals surface area contributed by atoms with Crippen LogP contribution in [0.2, 0.25) is 0 Å². The van der Waals surface area contributed by atoms with Crippen molar-refractivity contribution < 1.29 is 9.59 Å². The lowest BCUT2D eigenvalue weighted by Crippen LogP contribution is -2.23. The Morgan fingerprint density at radius 2 is 1.85 bits per heavy atom. The molecule has 2 aromatic heterocycles. The van der Waals surface area contributed by atoms with Gasteiger partial charge in [0.25, 0.3) is 5.91 Å². The van der Waals surface area contributed by atoms with Crippen LogP contribution in [0.25, 0.3) is 5.65 Å². The maximum Gasteiger partial charge on any atom is 0.251 e. The third-order valence-electron chi connectivity index (χ3n) is 4.27. The van der Waals surface area contributed by atoms with Gasteiger partial charge in [-0.3, -0.25) is 9.59 Å². The maximum absolute atomic E-state index is 12.3. The Balaban J connectivity index is 1.56. The van der Waals surface area contributed by atoms with Crippen molar-refractivity contribution in [3.05, 3.63) is 65.6 Å². The molecule has 0 atom stereocenters. The monoisotopic (exact) mass is 364 g/mol. The number of fused-ring (bicyclic) bond motifs is 1. The zero-order valence-electron chi connectivity index (χ0n) is 15.7. The lowest BCUT2D eigenvalue weighted by atomic mass is 10.2. The zero-order valence-corrected chi connectivity index (χ0v) is 15.7. The van der Waals surface area contributed by atoms with Gasteiger partial charge in [-0.15, -0.1) is 0 Å². The number of amides is 2. The summed E-state index contributed by atoms with van der Waals surface area (Å²) in [5, 5.41) is 5.71. The molecule has 3 aromatic rings. The summed E-state index contributed by atoms with van der Waals surface area (Å²) in [5.41, 5.74) is 4.05. The molecule has 0 saturated heterocycles. The second-order valence-electron chi connectivity index (χ2n) is 6.62. The number of aryl methyl sites for hydroxylation is 1. The molecule has 140 valence electrons. The fraction of sp³-hybridized carbons (Fsp3) is 0.286. The van der Waals surface area contributed by atoms with Crippen molar-refractivity contribution >= 4 is 23.1 Å². The molecule has 0 aliphatic rings. The SMILES string of the molecule is CCCCC(=O)Nc1ccc(C(=O)NCc2cn3cc(C)ccc3n2)cc1. The van der Waals surface area contributed by atoms with Crippen LogP contribution >= 0.6 is 0 Å². The maximum atomic E-state index is 12.3. The Labute approximate surface area is 158 Å². The van der Waals surface area contributed by atoms with Crippen molar-refractivity contribution in [1.82, 2.24) is 14.7 Å². The molecule has 0 unspecified atom stereocenters. The van der Waals surface area contributed by atoms with Crippen LogP contribution in [0.3, 0.4) is 0 Å². The second kappa shape index (κ2) is 8.49. The van der Waals surface area contributed by atoms with Crippen LogP contribution in [0.1, 0.15) is 47.8 Å². The highest BCUT2D eigenvalue weighted by molar-refractivity contribution is 5.95. The van der Waals surface area contributed by atoms with E-state index in [0.717, 1.165) is 29.7 Å². The van der Waals surface area contributed by atoms with E-state index in [0.29, 0.717) is 24.2 Å². The van der Waals surface area contributed by atoms with E-state index in [1.165, 1.54) is 0 Å². The van der Waals surface area contributed by atoms with E-state index in [1.807, 2.05) is 42.8 Å². The van der Waals surface area contributed by atoms with E-state index in [1.54, 1.807) is 24.3 Å². The lowest BCUT2D eigenvalue weighted by Gasteiger charge is -2.07. The van der Waals surface area contributed by atoms with Crippen molar-refractivity contribution in [2.75, 3.05) is 5.32 Å². The molecular weight excluding hydrogens is 340 g/mol. The van der Waals surface area contributed by atoms with Crippen LogP contribution in [0.15, 0.2) is 48.8 Å². The summed E-state index contributed by atoms with van der Waals surface area (Å²) in [4.78, 5) is 28.6. The Morgan fingerprint density at radius 3 is 2.59 bits per heavy atom. The molecule has 1 aromatic carbocycles. The first kappa shape index (κ1) is 18.6. The molecule has 6 heteroatoms. The summed E-state index contributed by atoms with van der Waals surface area (Å²) in [6.07, 6.45) is 6.28. The number of aromatic nitrogens is 2. The molecule has 0 radical (unpaired) electrons. The van der Waals surface area contributed by atoms with Gasteiger partial charge < -0.3 is 15.0 Å². The standard InChI is InChI=1S/C21H24N4O2/c1-3-4-5-20(26)24-17-9-7-16(8-10-17)21(27)22-12-18-14-25-13-15(2)6-11-19(25)23-18/h6-11,13-14H,3-5,12H2,1-2H3,(H,22,27)(H,24,26). The third kappa shape index (κ3) is 4.94. The van der Waals surface area contributed by atoms with E-state index in [9.17, 15) is 9.59 Å². The number of rotatable bonds is 7. The normalized spacial score (nSPS) is 10.7. The van der Waals surface area contributed by atoms with Crippen LogP contribution in [-0.2, 0) is 11.3 Å². The van der Waals surface area contributed by atoms with Gasteiger partial charge in [0.1, 0.15) is 5.65 Å². The summed E-state index contributed by atoms with van der Waals surface area (Å²) in [7, 11) is 0. The minimum Gasteiger partial charge on any atom is -0.346 e. The fourth-order valence-electron chi connectivity index (χ4n) is 2.78. The van der Waals surface area contributed by atoms with E-state index >= 15 is 0 Å². The van der Waals surface area contributed by atoms with Gasteiger partial charge in [-0.2, -0.15) is 0 Å². The Kier molecular flexibility index (Phi) is 5.86. The molecule has 0 spiro atoms. The van der Waals surface area contributed by atoms with Crippen LogP contribution in [0.5, 0.6) is 0 Å². The number of unbranched alkanes of at least 4 members (excludes halogenated alkanes) is 1. The van der Waals surface area contributed by atoms with Crippen LogP contribution in [0, 0.1) is 6.92 Å². The Morgan fingerprint density at radius 1 is 1.07 bits per heavy atom. The van der Waals surface area contributed by atoms with E-state index in [-0.39, 0.29) is 11.8 Å². The van der Waals surface area contributed by atoms with Crippen molar-refractivity contribution in [2.24, 2.45) is 0 Å². The molecule has 27 heavy (non-hydrogen) atoms. The van der Waals surface area contributed by atoms with Gasteiger partial charge in [0, 0.05) is 30.1 Å². The van der Waals surface area contributed by atoms with Crippen LogP contribution < -0.4 is 10.6 Å². The van der Waals surface area contributed by atoms with Gasteiger partial charge in [-0.25, -0.2) is 4.98 Å². The van der Waals surface area contributed by atoms with Gasteiger partial charge in [-0.1, -0.05) is 19.4 Å². The van der Waals surface area contributed by atoms with Gasteiger partial charge in [0.05, 0.1) is 12.2 Å². The summed E-state index contributed by atoms with van der Waals surface area (Å²) in [6, 6.07) is 10.9. The zero-order chi connectivity index (χ0) is 19.2. The number of anilines is 1. The number of carbonyl (C=O) groups is 2. The van der Waals surface area contributed by atoms with Crippen molar-refractivity contribution in [3.63, 3.8) is 0 Å². The van der Waals surface area contributed by atoms with Crippen molar-refractivity contribution in [3.8, 4) is 0 Å². The Hall–Kier alpha value is -3.15. The third-order valence-corrected chi connectivity index (χ3v) is 4.27. The van der Waals surface area contributed by atoms with Gasteiger partial charge in [0.15, 0.2) is 0 Å². The summed E-state index contributed by atoms with van der Waals surface area (Å²) < 4.78 is 1.95. The largest absolute Gasteiger partial charge is 0.346 e. The highest BCUT2D eigenvalue weighted by atomic mass is 16.2. The first-order valence-electron chi connectivity index (χ1n) is 9.17. The Bertz CT molecular complexity index is 944. The number of pyridine rings is 1. The number of imidazole rings is 1. The molecule has 6 nitrogen and oxygen atoms in total. The van der Waals surface area contributed by atoms with Gasteiger partial charge >= 0.3 is 0 Å². The summed E-state index contributed by atoms with van der Waals surface area (Å²) >= 11 is 0. The van der Waals surface area contributed by atoms with E-state index in [4.69, 9.17) is 0 Å². The number of hydrogen-bond acceptors (Lipinski definition) is 3.